The molecule has 24 heavy (non-hydrogen) atoms. The number of hydrogen-bond acceptors (Lipinski definition) is 3. The van der Waals surface area contributed by atoms with Crippen LogP contribution in [0.4, 0.5) is 0 Å². The highest BCUT2D eigenvalue weighted by atomic mass is 16.5. The Labute approximate surface area is 151 Å². The highest BCUT2D eigenvalue weighted by Gasteiger charge is 2.24. The van der Waals surface area contributed by atoms with Crippen LogP contribution in [0.1, 0.15) is 111 Å². The quantitative estimate of drug-likeness (QED) is 0.317. The van der Waals surface area contributed by atoms with Gasteiger partial charge in [0.1, 0.15) is 6.10 Å². The minimum atomic E-state index is -1.07. The summed E-state index contributed by atoms with van der Waals surface area (Å²) in [4.78, 5) is 0. The molecule has 0 aromatic heterocycles. The van der Waals surface area contributed by atoms with Crippen molar-refractivity contribution in [3.63, 3.8) is 0 Å². The van der Waals surface area contributed by atoms with E-state index >= 15 is 0 Å². The maximum absolute atomic E-state index is 9.63. The Morgan fingerprint density at radius 2 is 1.08 bits per heavy atom. The van der Waals surface area contributed by atoms with Gasteiger partial charge in [0.2, 0.25) is 0 Å². The molecule has 0 aliphatic carbocycles. The molecule has 1 unspecified atom stereocenters. The van der Waals surface area contributed by atoms with Crippen molar-refractivity contribution >= 4 is 0 Å². The first-order valence-corrected chi connectivity index (χ1v) is 10.5. The molecular formula is C21H44O3. The molecule has 0 aromatic rings. The molecule has 0 amide bonds. The smallest absolute Gasteiger partial charge is 0.105 e. The van der Waals surface area contributed by atoms with Crippen molar-refractivity contribution in [2.24, 2.45) is 0 Å². The van der Waals surface area contributed by atoms with E-state index in [2.05, 4.69) is 6.92 Å². The van der Waals surface area contributed by atoms with Gasteiger partial charge < -0.3 is 14.9 Å². The second-order valence-electron chi connectivity index (χ2n) is 7.84. The normalized spacial score (nSPS) is 13.4. The van der Waals surface area contributed by atoms with Crippen LogP contribution in [-0.4, -0.2) is 35.1 Å². The zero-order chi connectivity index (χ0) is 18.1. The zero-order valence-corrected chi connectivity index (χ0v) is 16.7. The first kappa shape index (κ1) is 23.9. The van der Waals surface area contributed by atoms with Crippen LogP contribution in [0.25, 0.3) is 0 Å². The maximum Gasteiger partial charge on any atom is 0.105 e. The highest BCUT2D eigenvalue weighted by molar-refractivity contribution is 4.75. The molecule has 0 aliphatic heterocycles. The predicted molar refractivity (Wildman–Crippen MR) is 103 cm³/mol. The van der Waals surface area contributed by atoms with Gasteiger partial charge in [-0.2, -0.15) is 0 Å². The minimum absolute atomic E-state index is 0.224. The Kier molecular flexibility index (Phi) is 16.3. The van der Waals surface area contributed by atoms with Gasteiger partial charge in [0.25, 0.3) is 0 Å². The monoisotopic (exact) mass is 344 g/mol. The number of hydrogen-bond donors (Lipinski definition) is 2. The lowest BCUT2D eigenvalue weighted by molar-refractivity contribution is -0.0859. The van der Waals surface area contributed by atoms with Gasteiger partial charge in [-0.15, -0.1) is 0 Å². The SMILES string of the molecule is CCCCCCCCCCCCCCCCOCC(O)C(C)(C)O. The van der Waals surface area contributed by atoms with E-state index in [1.807, 2.05) is 0 Å². The summed E-state index contributed by atoms with van der Waals surface area (Å²) in [5.41, 5.74) is -1.07. The Morgan fingerprint density at radius 1 is 0.708 bits per heavy atom. The van der Waals surface area contributed by atoms with Crippen LogP contribution >= 0.6 is 0 Å². The van der Waals surface area contributed by atoms with Crippen LogP contribution in [0.3, 0.4) is 0 Å². The fourth-order valence-electron chi connectivity index (χ4n) is 2.80. The molecule has 0 saturated carbocycles. The van der Waals surface area contributed by atoms with Crippen molar-refractivity contribution in [1.29, 1.82) is 0 Å². The van der Waals surface area contributed by atoms with Crippen LogP contribution in [0.15, 0.2) is 0 Å². The molecule has 0 aromatic carbocycles. The second-order valence-corrected chi connectivity index (χ2v) is 7.84. The summed E-state index contributed by atoms with van der Waals surface area (Å²) in [5, 5.41) is 19.2. The van der Waals surface area contributed by atoms with E-state index in [0.717, 1.165) is 6.42 Å². The average Bonchev–Trinajstić information content (AvgIpc) is 2.53. The largest absolute Gasteiger partial charge is 0.388 e. The lowest BCUT2D eigenvalue weighted by Gasteiger charge is -2.24. The van der Waals surface area contributed by atoms with Gasteiger partial charge in [0.15, 0.2) is 0 Å². The third kappa shape index (κ3) is 16.7. The highest BCUT2D eigenvalue weighted by Crippen LogP contribution is 2.13. The molecule has 0 bridgehead atoms. The molecule has 1 atom stereocenters. The Bertz CT molecular complexity index is 248. The van der Waals surface area contributed by atoms with E-state index in [9.17, 15) is 10.2 Å². The van der Waals surface area contributed by atoms with Crippen molar-refractivity contribution in [2.45, 2.75) is 122 Å². The van der Waals surface area contributed by atoms with Gasteiger partial charge in [-0.25, -0.2) is 0 Å². The summed E-state index contributed by atoms with van der Waals surface area (Å²) < 4.78 is 5.42. The topological polar surface area (TPSA) is 49.7 Å². The standard InChI is InChI=1S/C21H44O3/c1-4-5-6-7-8-9-10-11-12-13-14-15-16-17-18-24-19-20(22)21(2,3)23/h20,22-23H,4-19H2,1-3H3. The number of aliphatic hydroxyl groups is 2. The molecule has 0 spiro atoms. The van der Waals surface area contributed by atoms with E-state index in [0.29, 0.717) is 6.61 Å². The third-order valence-electron chi connectivity index (χ3n) is 4.73. The molecule has 0 radical (unpaired) electrons. The zero-order valence-electron chi connectivity index (χ0n) is 16.7. The molecule has 3 nitrogen and oxygen atoms in total. The van der Waals surface area contributed by atoms with E-state index in [-0.39, 0.29) is 6.61 Å². The van der Waals surface area contributed by atoms with Crippen LogP contribution in [0.2, 0.25) is 0 Å². The molecule has 0 aliphatic rings. The molecule has 0 fully saturated rings. The maximum atomic E-state index is 9.63. The molecule has 2 N–H and O–H groups in total. The molecular weight excluding hydrogens is 300 g/mol. The molecule has 0 saturated heterocycles. The lowest BCUT2D eigenvalue weighted by atomic mass is 10.0. The molecule has 0 heterocycles. The summed E-state index contributed by atoms with van der Waals surface area (Å²) in [6, 6.07) is 0. The van der Waals surface area contributed by atoms with Crippen LogP contribution in [0.5, 0.6) is 0 Å². The van der Waals surface area contributed by atoms with Gasteiger partial charge in [-0.05, 0) is 20.3 Å². The number of unbranched alkanes of at least 4 members (excludes halogenated alkanes) is 13. The van der Waals surface area contributed by atoms with E-state index in [1.54, 1.807) is 13.8 Å². The van der Waals surface area contributed by atoms with Gasteiger partial charge in [0.05, 0.1) is 12.2 Å². The van der Waals surface area contributed by atoms with Crippen LogP contribution in [-0.2, 0) is 4.74 Å². The Balaban J connectivity index is 3.10. The summed E-state index contributed by atoms with van der Waals surface area (Å²) in [5.74, 6) is 0. The lowest BCUT2D eigenvalue weighted by Crippen LogP contribution is -2.39. The van der Waals surface area contributed by atoms with E-state index in [1.165, 1.54) is 83.5 Å². The van der Waals surface area contributed by atoms with Crippen molar-refractivity contribution in [3.05, 3.63) is 0 Å². The third-order valence-corrected chi connectivity index (χ3v) is 4.73. The van der Waals surface area contributed by atoms with Crippen molar-refractivity contribution in [2.75, 3.05) is 13.2 Å². The molecule has 3 heteroatoms. The second kappa shape index (κ2) is 16.4. The summed E-state index contributed by atoms with van der Waals surface area (Å²) in [7, 11) is 0. The van der Waals surface area contributed by atoms with Crippen LogP contribution < -0.4 is 0 Å². The Morgan fingerprint density at radius 3 is 1.46 bits per heavy atom. The van der Waals surface area contributed by atoms with Crippen molar-refractivity contribution in [3.8, 4) is 0 Å². The fourth-order valence-corrected chi connectivity index (χ4v) is 2.80. The van der Waals surface area contributed by atoms with Gasteiger partial charge in [0, 0.05) is 6.61 Å². The predicted octanol–water partition coefficient (Wildman–Crippen LogP) is 5.62. The summed E-state index contributed by atoms with van der Waals surface area (Å²) in [6.45, 7) is 6.39. The molecule has 146 valence electrons. The first-order chi connectivity index (χ1) is 11.5. The van der Waals surface area contributed by atoms with E-state index < -0.39 is 11.7 Å². The summed E-state index contributed by atoms with van der Waals surface area (Å²) >= 11 is 0. The van der Waals surface area contributed by atoms with Gasteiger partial charge in [-0.3, -0.25) is 0 Å². The fraction of sp³-hybridized carbons (Fsp3) is 1.00. The van der Waals surface area contributed by atoms with Gasteiger partial charge >= 0.3 is 0 Å². The Hall–Kier alpha value is -0.120. The average molecular weight is 345 g/mol. The number of ether oxygens (including phenoxy) is 1. The van der Waals surface area contributed by atoms with E-state index in [4.69, 9.17) is 4.74 Å². The number of rotatable bonds is 18. The van der Waals surface area contributed by atoms with Crippen LogP contribution in [0, 0.1) is 0 Å². The van der Waals surface area contributed by atoms with Gasteiger partial charge in [-0.1, -0.05) is 90.4 Å². The van der Waals surface area contributed by atoms with Crippen molar-refractivity contribution < 1.29 is 14.9 Å². The summed E-state index contributed by atoms with van der Waals surface area (Å²) in [6.07, 6.45) is 18.1. The first-order valence-electron chi connectivity index (χ1n) is 10.5. The number of aliphatic hydroxyl groups excluding tert-OH is 1. The minimum Gasteiger partial charge on any atom is -0.388 e. The molecule has 0 rings (SSSR count). The van der Waals surface area contributed by atoms with Crippen molar-refractivity contribution in [1.82, 2.24) is 0 Å².